The summed E-state index contributed by atoms with van der Waals surface area (Å²) in [6.45, 7) is 1.83. The minimum Gasteiger partial charge on any atom is -0.316 e. The number of thioether (sulfide) groups is 1. The van der Waals surface area contributed by atoms with E-state index in [0.717, 1.165) is 36.4 Å². The van der Waals surface area contributed by atoms with Gasteiger partial charge in [0.25, 0.3) is 0 Å². The maximum atomic E-state index is 12.8. The van der Waals surface area contributed by atoms with Gasteiger partial charge in [0.15, 0.2) is 9.84 Å². The van der Waals surface area contributed by atoms with Gasteiger partial charge >= 0.3 is 0 Å². The van der Waals surface area contributed by atoms with Gasteiger partial charge in [-0.25, -0.2) is 8.42 Å². The Hall–Kier alpha value is -0.720. The lowest BCUT2D eigenvalue weighted by molar-refractivity contribution is 0.443. The smallest absolute Gasteiger partial charge is 0.164 e. The Morgan fingerprint density at radius 2 is 1.68 bits per heavy atom. The molecule has 0 aromatic heterocycles. The molecule has 7 heteroatoms. The van der Waals surface area contributed by atoms with E-state index in [0.29, 0.717) is 10.9 Å². The van der Waals surface area contributed by atoms with Crippen LogP contribution in [0.3, 0.4) is 0 Å². The number of sulfone groups is 1. The summed E-state index contributed by atoms with van der Waals surface area (Å²) in [4.78, 5) is 0.921. The van der Waals surface area contributed by atoms with Gasteiger partial charge in [-0.2, -0.15) is 0 Å². The van der Waals surface area contributed by atoms with Crippen LogP contribution in [0.2, 0.25) is 5.02 Å². The summed E-state index contributed by atoms with van der Waals surface area (Å²) in [7, 11) is -3.32. The van der Waals surface area contributed by atoms with E-state index in [2.05, 4.69) is 23.5 Å². The molecule has 1 fully saturated rings. The quantitative estimate of drug-likeness (QED) is 0.487. The number of hydrogen-bond acceptors (Lipinski definition) is 4. The summed E-state index contributed by atoms with van der Waals surface area (Å²) >= 11 is 7.98. The first kappa shape index (κ1) is 24.9. The highest BCUT2D eigenvalue weighted by molar-refractivity contribution is 8.12. The number of hydrogen-bond donors (Lipinski definition) is 1. The lowest BCUT2D eigenvalue weighted by atomic mass is 9.84. The van der Waals surface area contributed by atoms with Crippen LogP contribution in [0.1, 0.15) is 64.9 Å². The molecule has 4 rings (SSSR count). The van der Waals surface area contributed by atoms with E-state index >= 15 is 0 Å². The van der Waals surface area contributed by atoms with Gasteiger partial charge in [0.2, 0.25) is 0 Å². The molecule has 2 aliphatic rings. The Bertz CT molecular complexity index is 987. The van der Waals surface area contributed by atoms with Gasteiger partial charge in [0, 0.05) is 11.2 Å². The molecule has 31 heavy (non-hydrogen) atoms. The van der Waals surface area contributed by atoms with Crippen molar-refractivity contribution in [3.8, 4) is 0 Å². The highest BCUT2D eigenvalue weighted by Crippen LogP contribution is 2.45. The molecular weight excluding hydrogens is 469 g/mol. The summed E-state index contributed by atoms with van der Waals surface area (Å²) in [5, 5.41) is 4.07. The van der Waals surface area contributed by atoms with Crippen LogP contribution in [-0.4, -0.2) is 27.8 Å². The van der Waals surface area contributed by atoms with E-state index in [1.54, 1.807) is 0 Å². The first-order chi connectivity index (χ1) is 14.4. The molecule has 0 bridgehead atoms. The number of nitrogens with one attached hydrogen (secondary N) is 1. The van der Waals surface area contributed by atoms with E-state index in [4.69, 9.17) is 11.6 Å². The molecule has 1 aliphatic heterocycles. The Kier molecular flexibility index (Phi) is 8.79. The van der Waals surface area contributed by atoms with Gasteiger partial charge in [0.1, 0.15) is 4.58 Å². The Morgan fingerprint density at radius 1 is 1.00 bits per heavy atom. The standard InChI is InChI=1S/C24H30ClNO2S2.ClH/c1-30(27,28)24(20-9-7-18(8-10-20)17-5-3-2-4-6-17)29-23-21-14-16-26-15-13-19(21)11-12-22(23)25;/h7-12,17,24,26H,2-6,13-16H2,1H3;1H. The van der Waals surface area contributed by atoms with Crippen LogP contribution in [0.5, 0.6) is 0 Å². The third-order valence-electron chi connectivity index (χ3n) is 6.33. The van der Waals surface area contributed by atoms with Crippen LogP contribution in [0.15, 0.2) is 41.3 Å². The van der Waals surface area contributed by atoms with Crippen molar-refractivity contribution in [1.82, 2.24) is 5.32 Å². The first-order valence-corrected chi connectivity index (χ1v) is 14.1. The number of rotatable bonds is 5. The average molecular weight is 501 g/mol. The molecule has 3 nitrogen and oxygen atoms in total. The Labute approximate surface area is 202 Å². The normalized spacial score (nSPS) is 18.5. The van der Waals surface area contributed by atoms with Crippen molar-refractivity contribution in [1.29, 1.82) is 0 Å². The van der Waals surface area contributed by atoms with E-state index in [-0.39, 0.29) is 12.4 Å². The Balaban J connectivity index is 0.00000272. The van der Waals surface area contributed by atoms with Crippen molar-refractivity contribution in [3.05, 3.63) is 63.7 Å². The number of fused-ring (bicyclic) bond motifs is 1. The summed E-state index contributed by atoms with van der Waals surface area (Å²) < 4.78 is 24.9. The molecule has 1 N–H and O–H groups in total. The van der Waals surface area contributed by atoms with Crippen LogP contribution >= 0.6 is 35.8 Å². The van der Waals surface area contributed by atoms with Crippen molar-refractivity contribution < 1.29 is 8.42 Å². The fraction of sp³-hybridized carbons (Fsp3) is 0.500. The molecule has 1 unspecified atom stereocenters. The maximum absolute atomic E-state index is 12.8. The van der Waals surface area contributed by atoms with E-state index in [9.17, 15) is 8.42 Å². The third kappa shape index (κ3) is 6.00. The van der Waals surface area contributed by atoms with Crippen LogP contribution < -0.4 is 5.32 Å². The van der Waals surface area contributed by atoms with Crippen molar-refractivity contribution in [2.45, 2.75) is 60.3 Å². The van der Waals surface area contributed by atoms with E-state index in [1.165, 1.54) is 66.8 Å². The topological polar surface area (TPSA) is 46.2 Å². The number of halogens is 2. The fourth-order valence-corrected chi connectivity index (χ4v) is 7.72. The minimum atomic E-state index is -3.32. The van der Waals surface area contributed by atoms with Gasteiger partial charge in [0.05, 0.1) is 5.02 Å². The molecule has 1 atom stereocenters. The predicted molar refractivity (Wildman–Crippen MR) is 135 cm³/mol. The second kappa shape index (κ2) is 10.9. The zero-order valence-electron chi connectivity index (χ0n) is 17.9. The number of benzene rings is 2. The van der Waals surface area contributed by atoms with Gasteiger partial charge < -0.3 is 5.32 Å². The monoisotopic (exact) mass is 499 g/mol. The van der Waals surface area contributed by atoms with Crippen molar-refractivity contribution >= 4 is 45.6 Å². The van der Waals surface area contributed by atoms with Gasteiger partial charge in [-0.05, 0) is 73.0 Å². The van der Waals surface area contributed by atoms with Gasteiger partial charge in [-0.15, -0.1) is 12.4 Å². The highest BCUT2D eigenvalue weighted by atomic mass is 35.5. The molecule has 170 valence electrons. The molecule has 0 radical (unpaired) electrons. The summed E-state index contributed by atoms with van der Waals surface area (Å²) in [5.41, 5.74) is 4.65. The SMILES string of the molecule is CS(=O)(=O)C(Sc1c(Cl)ccc2c1CCNCC2)c1ccc(C2CCCCC2)cc1.Cl. The molecule has 2 aromatic carbocycles. The Morgan fingerprint density at radius 3 is 2.35 bits per heavy atom. The van der Waals surface area contributed by atoms with Crippen LogP contribution in [-0.2, 0) is 22.7 Å². The summed E-state index contributed by atoms with van der Waals surface area (Å²) in [5.74, 6) is 0.615. The third-order valence-corrected chi connectivity index (χ3v) is 10.3. The largest absolute Gasteiger partial charge is 0.316 e. The minimum absolute atomic E-state index is 0. The van der Waals surface area contributed by atoms with Crippen molar-refractivity contribution in [2.75, 3.05) is 19.3 Å². The van der Waals surface area contributed by atoms with Crippen LogP contribution in [0.25, 0.3) is 0 Å². The van der Waals surface area contributed by atoms with Gasteiger partial charge in [-0.1, -0.05) is 73.0 Å². The van der Waals surface area contributed by atoms with E-state index in [1.807, 2.05) is 18.2 Å². The zero-order valence-corrected chi connectivity index (χ0v) is 21.1. The molecule has 1 aliphatic carbocycles. The van der Waals surface area contributed by atoms with Gasteiger partial charge in [-0.3, -0.25) is 0 Å². The molecule has 0 spiro atoms. The molecule has 0 saturated heterocycles. The van der Waals surface area contributed by atoms with Crippen LogP contribution in [0.4, 0.5) is 0 Å². The lowest BCUT2D eigenvalue weighted by Gasteiger charge is -2.23. The average Bonchev–Trinajstić information content (AvgIpc) is 2.99. The first-order valence-electron chi connectivity index (χ1n) is 10.9. The molecular formula is C24H31Cl2NO2S2. The lowest BCUT2D eigenvalue weighted by Crippen LogP contribution is -2.16. The highest BCUT2D eigenvalue weighted by Gasteiger charge is 2.28. The molecule has 1 saturated carbocycles. The zero-order chi connectivity index (χ0) is 21.1. The maximum Gasteiger partial charge on any atom is 0.164 e. The molecule has 1 heterocycles. The van der Waals surface area contributed by atoms with Crippen molar-refractivity contribution in [2.24, 2.45) is 0 Å². The van der Waals surface area contributed by atoms with Crippen LogP contribution in [0, 0.1) is 0 Å². The van der Waals surface area contributed by atoms with E-state index < -0.39 is 14.4 Å². The summed E-state index contributed by atoms with van der Waals surface area (Å²) in [6.07, 6.45) is 9.54. The predicted octanol–water partition coefficient (Wildman–Crippen LogP) is 6.33. The second-order valence-electron chi connectivity index (χ2n) is 8.55. The second-order valence-corrected chi connectivity index (χ2v) is 12.5. The van der Waals surface area contributed by atoms with Crippen molar-refractivity contribution in [3.63, 3.8) is 0 Å². The summed E-state index contributed by atoms with van der Waals surface area (Å²) in [6, 6.07) is 12.3. The molecule has 0 amide bonds. The fourth-order valence-electron chi connectivity index (χ4n) is 4.71. The molecule has 2 aromatic rings.